The number of nitrogens with zero attached hydrogens (tertiary/aromatic N) is 5. The van der Waals surface area contributed by atoms with Crippen LogP contribution in [-0.2, 0) is 18.2 Å². The molecule has 1 aromatic carbocycles. The zero-order valence-electron chi connectivity index (χ0n) is 17.2. The first-order valence-corrected chi connectivity index (χ1v) is 10.3. The van der Waals surface area contributed by atoms with E-state index in [9.17, 15) is 9.18 Å². The molecule has 158 valence electrons. The lowest BCUT2D eigenvalue weighted by Gasteiger charge is -2.22. The monoisotopic (exact) mass is 419 g/mol. The molecule has 0 spiro atoms. The molecule has 1 saturated heterocycles. The lowest BCUT2D eigenvalue weighted by atomic mass is 10.1. The van der Waals surface area contributed by atoms with Crippen LogP contribution in [0.15, 0.2) is 53.5 Å². The molecule has 0 atom stereocenters. The molecular weight excluding hydrogens is 397 g/mol. The second-order valence-electron chi connectivity index (χ2n) is 7.78. The quantitative estimate of drug-likeness (QED) is 0.475. The van der Waals surface area contributed by atoms with E-state index in [0.717, 1.165) is 24.0 Å². The second-order valence-corrected chi connectivity index (χ2v) is 7.78. The summed E-state index contributed by atoms with van der Waals surface area (Å²) in [6.45, 7) is 1.38. The maximum atomic E-state index is 13.4. The minimum absolute atomic E-state index is 0.0982. The molecule has 0 aliphatic carbocycles. The molecular formula is C23H22FN5O2. The lowest BCUT2D eigenvalue weighted by molar-refractivity contribution is 0.0673. The summed E-state index contributed by atoms with van der Waals surface area (Å²) in [6, 6.07) is 12.6. The molecule has 0 radical (unpaired) electrons. The Hall–Kier alpha value is -3.39. The van der Waals surface area contributed by atoms with Gasteiger partial charge in [0.2, 0.25) is 5.95 Å². The normalized spacial score (nSPS) is 14.9. The van der Waals surface area contributed by atoms with Crippen LogP contribution in [0.25, 0.3) is 22.3 Å². The zero-order valence-corrected chi connectivity index (χ0v) is 17.2. The van der Waals surface area contributed by atoms with Crippen LogP contribution in [0, 0.1) is 5.95 Å². The lowest BCUT2D eigenvalue weighted by Crippen LogP contribution is -2.24. The van der Waals surface area contributed by atoms with Crippen molar-refractivity contribution >= 4 is 11.0 Å². The van der Waals surface area contributed by atoms with Gasteiger partial charge >= 0.3 is 0 Å². The van der Waals surface area contributed by atoms with Gasteiger partial charge in [0.15, 0.2) is 5.65 Å². The molecule has 4 aromatic rings. The van der Waals surface area contributed by atoms with Gasteiger partial charge in [-0.3, -0.25) is 9.36 Å². The molecule has 0 unspecified atom stereocenters. The Kier molecular flexibility index (Phi) is 5.07. The Bertz CT molecular complexity index is 1290. The highest BCUT2D eigenvalue weighted by atomic mass is 19.1. The molecule has 7 nitrogen and oxygen atoms in total. The van der Waals surface area contributed by atoms with E-state index >= 15 is 0 Å². The van der Waals surface area contributed by atoms with E-state index in [0.29, 0.717) is 42.2 Å². The second kappa shape index (κ2) is 8.03. The van der Waals surface area contributed by atoms with E-state index < -0.39 is 5.95 Å². The number of ether oxygens (including phenoxy) is 1. The standard InChI is InChI=1S/C23H22FN5O2/c1-28-21(13-15-5-7-16(8-6-15)19-3-2-4-20(24)26-19)27-22-18(23(28)30)14-25-29(22)17-9-11-31-12-10-17/h2-8,14,17H,9-13H2,1H3. The van der Waals surface area contributed by atoms with Gasteiger partial charge in [-0.05, 0) is 30.5 Å². The van der Waals surface area contributed by atoms with Gasteiger partial charge in [0, 0.05) is 32.2 Å². The third kappa shape index (κ3) is 3.74. The molecule has 1 aliphatic rings. The molecule has 1 fully saturated rings. The van der Waals surface area contributed by atoms with Crippen LogP contribution < -0.4 is 5.56 Å². The fourth-order valence-electron chi connectivity index (χ4n) is 4.01. The van der Waals surface area contributed by atoms with Crippen molar-refractivity contribution in [3.05, 3.63) is 76.4 Å². The summed E-state index contributed by atoms with van der Waals surface area (Å²) in [7, 11) is 1.74. The van der Waals surface area contributed by atoms with Gasteiger partial charge in [-0.1, -0.05) is 30.3 Å². The van der Waals surface area contributed by atoms with Crippen molar-refractivity contribution in [2.24, 2.45) is 7.05 Å². The smallest absolute Gasteiger partial charge is 0.264 e. The first-order chi connectivity index (χ1) is 15.1. The number of hydrogen-bond donors (Lipinski definition) is 0. The van der Waals surface area contributed by atoms with E-state index in [-0.39, 0.29) is 11.6 Å². The Morgan fingerprint density at radius 1 is 1.10 bits per heavy atom. The molecule has 1 aliphatic heterocycles. The van der Waals surface area contributed by atoms with Gasteiger partial charge < -0.3 is 4.74 Å². The summed E-state index contributed by atoms with van der Waals surface area (Å²) in [5.74, 6) is 0.165. The van der Waals surface area contributed by atoms with Crippen LogP contribution in [0.2, 0.25) is 0 Å². The van der Waals surface area contributed by atoms with Crippen molar-refractivity contribution < 1.29 is 9.13 Å². The third-order valence-corrected chi connectivity index (χ3v) is 5.79. The van der Waals surface area contributed by atoms with Gasteiger partial charge in [-0.2, -0.15) is 9.49 Å². The minimum atomic E-state index is -0.504. The Morgan fingerprint density at radius 2 is 1.87 bits per heavy atom. The van der Waals surface area contributed by atoms with Gasteiger partial charge in [0.1, 0.15) is 11.2 Å². The van der Waals surface area contributed by atoms with Crippen LogP contribution in [0.4, 0.5) is 4.39 Å². The average Bonchev–Trinajstić information content (AvgIpc) is 3.22. The highest BCUT2D eigenvalue weighted by Crippen LogP contribution is 2.24. The van der Waals surface area contributed by atoms with Crippen LogP contribution in [0.5, 0.6) is 0 Å². The Morgan fingerprint density at radius 3 is 2.61 bits per heavy atom. The number of pyridine rings is 1. The van der Waals surface area contributed by atoms with Gasteiger partial charge in [-0.15, -0.1) is 0 Å². The van der Waals surface area contributed by atoms with Crippen molar-refractivity contribution in [3.63, 3.8) is 0 Å². The van der Waals surface area contributed by atoms with E-state index in [2.05, 4.69) is 10.1 Å². The molecule has 31 heavy (non-hydrogen) atoms. The van der Waals surface area contributed by atoms with Crippen molar-refractivity contribution in [1.29, 1.82) is 0 Å². The van der Waals surface area contributed by atoms with Crippen LogP contribution in [0.3, 0.4) is 0 Å². The molecule has 5 rings (SSSR count). The average molecular weight is 419 g/mol. The van der Waals surface area contributed by atoms with Crippen molar-refractivity contribution in [2.75, 3.05) is 13.2 Å². The van der Waals surface area contributed by atoms with Gasteiger partial charge in [0.25, 0.3) is 5.56 Å². The summed E-state index contributed by atoms with van der Waals surface area (Å²) in [5.41, 5.74) is 2.95. The maximum absolute atomic E-state index is 13.4. The summed E-state index contributed by atoms with van der Waals surface area (Å²) in [6.07, 6.45) is 3.83. The SMILES string of the molecule is Cn1c(Cc2ccc(-c3cccc(F)n3)cc2)nc2c(cnn2C2CCOCC2)c1=O. The van der Waals surface area contributed by atoms with Crippen LogP contribution in [0.1, 0.15) is 30.3 Å². The number of hydrogen-bond acceptors (Lipinski definition) is 5. The van der Waals surface area contributed by atoms with Gasteiger partial charge in [0.05, 0.1) is 17.9 Å². The molecule has 4 heterocycles. The first-order valence-electron chi connectivity index (χ1n) is 10.3. The van der Waals surface area contributed by atoms with Crippen molar-refractivity contribution in [1.82, 2.24) is 24.3 Å². The molecule has 0 bridgehead atoms. The maximum Gasteiger partial charge on any atom is 0.264 e. The fraction of sp³-hybridized carbons (Fsp3) is 0.304. The highest BCUT2D eigenvalue weighted by Gasteiger charge is 2.21. The number of halogens is 1. The summed E-state index contributed by atoms with van der Waals surface area (Å²) in [4.78, 5) is 21.6. The Balaban J connectivity index is 1.47. The molecule has 8 heteroatoms. The predicted molar refractivity (Wildman–Crippen MR) is 114 cm³/mol. The third-order valence-electron chi connectivity index (χ3n) is 5.79. The number of rotatable bonds is 4. The summed E-state index contributed by atoms with van der Waals surface area (Å²) in [5, 5.41) is 5.00. The van der Waals surface area contributed by atoms with Gasteiger partial charge in [-0.25, -0.2) is 14.6 Å². The minimum Gasteiger partial charge on any atom is -0.381 e. The molecule has 3 aromatic heterocycles. The molecule has 0 N–H and O–H groups in total. The van der Waals surface area contributed by atoms with E-state index in [4.69, 9.17) is 9.72 Å². The first kappa shape index (κ1) is 19.6. The van der Waals surface area contributed by atoms with Crippen molar-refractivity contribution in [2.45, 2.75) is 25.3 Å². The zero-order chi connectivity index (χ0) is 21.4. The summed E-state index contributed by atoms with van der Waals surface area (Å²) >= 11 is 0. The number of aromatic nitrogens is 5. The van der Waals surface area contributed by atoms with Crippen LogP contribution in [-0.4, -0.2) is 37.5 Å². The predicted octanol–water partition coefficient (Wildman–Crippen LogP) is 3.27. The van der Waals surface area contributed by atoms with Crippen molar-refractivity contribution in [3.8, 4) is 11.3 Å². The highest BCUT2D eigenvalue weighted by molar-refractivity contribution is 5.73. The topological polar surface area (TPSA) is 74.8 Å². The molecule has 0 saturated carbocycles. The largest absolute Gasteiger partial charge is 0.381 e. The summed E-state index contributed by atoms with van der Waals surface area (Å²) < 4.78 is 22.3. The fourth-order valence-corrected chi connectivity index (χ4v) is 4.01. The Labute approximate surface area is 178 Å². The van der Waals surface area contributed by atoms with E-state index in [1.807, 2.05) is 28.9 Å². The van der Waals surface area contributed by atoms with E-state index in [1.165, 1.54) is 6.07 Å². The van der Waals surface area contributed by atoms with E-state index in [1.54, 1.807) is 29.9 Å². The molecule has 0 amide bonds. The number of fused-ring (bicyclic) bond motifs is 1. The van der Waals surface area contributed by atoms with Crippen LogP contribution >= 0.6 is 0 Å². The number of benzene rings is 1.